The second kappa shape index (κ2) is 8.16. The van der Waals surface area contributed by atoms with E-state index in [1.54, 1.807) is 5.57 Å². The lowest BCUT2D eigenvalue weighted by Crippen LogP contribution is -2.51. The van der Waals surface area contributed by atoms with Gasteiger partial charge < -0.3 is 0 Å². The summed E-state index contributed by atoms with van der Waals surface area (Å²) in [6, 6.07) is 0. The van der Waals surface area contributed by atoms with Gasteiger partial charge in [-0.05, 0) is 104 Å². The number of hydrogen-bond acceptors (Lipinski definition) is 1. The topological polar surface area (TPSA) is 12.4 Å². The van der Waals surface area contributed by atoms with Crippen molar-refractivity contribution in [2.24, 2.45) is 51.3 Å². The molecule has 164 valence electrons. The molecule has 0 N–H and O–H groups in total. The summed E-state index contributed by atoms with van der Waals surface area (Å²) in [5, 5.41) is 0. The Bertz CT molecular complexity index is 657. The van der Waals surface area contributed by atoms with Crippen LogP contribution in [0.1, 0.15) is 105 Å². The highest BCUT2D eigenvalue weighted by molar-refractivity contribution is 5.96. The Morgan fingerprint density at radius 1 is 0.966 bits per heavy atom. The van der Waals surface area contributed by atoms with E-state index in [0.717, 1.165) is 35.5 Å². The van der Waals surface area contributed by atoms with Crippen LogP contribution in [0.15, 0.2) is 16.6 Å². The number of rotatable bonds is 5. The van der Waals surface area contributed by atoms with E-state index in [1.807, 2.05) is 7.05 Å². The smallest absolute Gasteiger partial charge is 0.0344 e. The van der Waals surface area contributed by atoms with Crippen LogP contribution in [-0.2, 0) is 0 Å². The van der Waals surface area contributed by atoms with E-state index in [4.69, 9.17) is 0 Å². The number of hydrogen-bond donors (Lipinski definition) is 0. The van der Waals surface area contributed by atoms with Gasteiger partial charge in [-0.1, -0.05) is 59.5 Å². The van der Waals surface area contributed by atoms with Crippen molar-refractivity contribution < 1.29 is 0 Å². The van der Waals surface area contributed by atoms with Crippen molar-refractivity contribution in [2.45, 2.75) is 105 Å². The van der Waals surface area contributed by atoms with E-state index in [-0.39, 0.29) is 0 Å². The van der Waals surface area contributed by atoms with Crippen LogP contribution >= 0.6 is 0 Å². The highest BCUT2D eigenvalue weighted by atomic mass is 14.7. The summed E-state index contributed by atoms with van der Waals surface area (Å²) in [5.74, 6) is 5.70. The molecule has 3 fully saturated rings. The van der Waals surface area contributed by atoms with Crippen molar-refractivity contribution in [2.75, 3.05) is 7.05 Å². The largest absolute Gasteiger partial charge is 0.293 e. The maximum Gasteiger partial charge on any atom is 0.0344 e. The number of aliphatic imine (C=N–C) groups is 1. The number of nitrogens with zero attached hydrogens (tertiary/aromatic N) is 1. The Hall–Kier alpha value is -0.590. The minimum Gasteiger partial charge on any atom is -0.293 e. The summed E-state index contributed by atoms with van der Waals surface area (Å²) in [6.45, 7) is 12.7. The summed E-state index contributed by atoms with van der Waals surface area (Å²) < 4.78 is 0. The summed E-state index contributed by atoms with van der Waals surface area (Å²) in [6.07, 6.45) is 18.2. The molecule has 7 atom stereocenters. The lowest BCUT2D eigenvalue weighted by atomic mass is 9.46. The molecule has 0 aliphatic heterocycles. The van der Waals surface area contributed by atoms with Crippen LogP contribution in [0.5, 0.6) is 0 Å². The van der Waals surface area contributed by atoms with E-state index in [2.05, 4.69) is 45.7 Å². The third-order valence-electron chi connectivity index (χ3n) is 10.5. The van der Waals surface area contributed by atoms with Gasteiger partial charge in [0, 0.05) is 12.8 Å². The molecule has 0 bridgehead atoms. The van der Waals surface area contributed by atoms with Gasteiger partial charge in [-0.2, -0.15) is 0 Å². The van der Waals surface area contributed by atoms with Crippen molar-refractivity contribution in [1.82, 2.24) is 0 Å². The zero-order valence-electron chi connectivity index (χ0n) is 20.3. The Kier molecular flexibility index (Phi) is 6.09. The quantitative estimate of drug-likeness (QED) is 0.444. The minimum atomic E-state index is 0.472. The molecule has 3 saturated carbocycles. The first-order valence-electron chi connectivity index (χ1n) is 13.0. The molecular formula is C28H47N. The van der Waals surface area contributed by atoms with Gasteiger partial charge >= 0.3 is 0 Å². The van der Waals surface area contributed by atoms with Gasteiger partial charge in [0.1, 0.15) is 0 Å². The molecule has 29 heavy (non-hydrogen) atoms. The first-order chi connectivity index (χ1) is 13.8. The van der Waals surface area contributed by atoms with Crippen LogP contribution in [-0.4, -0.2) is 12.8 Å². The van der Waals surface area contributed by atoms with E-state index < -0.39 is 0 Å². The normalized spacial score (nSPS) is 44.2. The molecule has 4 rings (SSSR count). The van der Waals surface area contributed by atoms with Crippen molar-refractivity contribution >= 4 is 5.71 Å². The van der Waals surface area contributed by atoms with E-state index in [0.29, 0.717) is 10.8 Å². The molecule has 4 aliphatic rings. The fraction of sp³-hybridized carbons (Fsp3) is 0.893. The molecule has 1 unspecified atom stereocenters. The van der Waals surface area contributed by atoms with E-state index >= 15 is 0 Å². The summed E-state index contributed by atoms with van der Waals surface area (Å²) >= 11 is 0. The number of allylic oxidation sites excluding steroid dienone is 2. The second-order valence-corrected chi connectivity index (χ2v) is 12.2. The lowest BCUT2D eigenvalue weighted by molar-refractivity contribution is -0.0573. The Morgan fingerprint density at radius 2 is 1.76 bits per heavy atom. The minimum absolute atomic E-state index is 0.472. The van der Waals surface area contributed by atoms with Crippen LogP contribution in [0.4, 0.5) is 0 Å². The van der Waals surface area contributed by atoms with Crippen LogP contribution in [0.2, 0.25) is 0 Å². The summed E-state index contributed by atoms with van der Waals surface area (Å²) in [7, 11) is 1.98. The van der Waals surface area contributed by atoms with Crippen molar-refractivity contribution in [3.63, 3.8) is 0 Å². The maximum atomic E-state index is 4.54. The molecule has 0 saturated heterocycles. The molecule has 0 aromatic rings. The predicted molar refractivity (Wildman–Crippen MR) is 126 cm³/mol. The Labute approximate surface area is 181 Å². The highest BCUT2D eigenvalue weighted by Gasteiger charge is 2.59. The van der Waals surface area contributed by atoms with Gasteiger partial charge in [0.25, 0.3) is 0 Å². The summed E-state index contributed by atoms with van der Waals surface area (Å²) in [4.78, 5) is 4.54. The van der Waals surface area contributed by atoms with Gasteiger partial charge in [-0.15, -0.1) is 0 Å². The molecule has 0 spiro atoms. The number of fused-ring (bicyclic) bond motifs is 5. The van der Waals surface area contributed by atoms with Crippen molar-refractivity contribution in [3.05, 3.63) is 11.6 Å². The van der Waals surface area contributed by atoms with Crippen molar-refractivity contribution in [3.8, 4) is 0 Å². The maximum absolute atomic E-state index is 4.54. The van der Waals surface area contributed by atoms with Crippen LogP contribution in [0, 0.1) is 46.3 Å². The third-order valence-corrected chi connectivity index (χ3v) is 10.5. The standard InChI is InChI=1S/C28H47N/c1-19(2)8-7-9-20(3)24-12-13-25-23-11-10-21-18-22(29-6)14-16-27(21,4)26(23)15-17-28(24,25)5/h18-20,23-26H,7-17H2,1-6H3/b29-22-/t20?,23-,24+,25-,26-,27-,28+/m0/s1. The molecule has 0 amide bonds. The molecule has 1 heteroatoms. The fourth-order valence-electron chi connectivity index (χ4n) is 8.77. The molecule has 0 aromatic carbocycles. The average molecular weight is 398 g/mol. The first-order valence-corrected chi connectivity index (χ1v) is 13.0. The zero-order chi connectivity index (χ0) is 20.8. The highest BCUT2D eigenvalue weighted by Crippen LogP contribution is 2.67. The fourth-order valence-corrected chi connectivity index (χ4v) is 8.77. The molecule has 0 heterocycles. The van der Waals surface area contributed by atoms with E-state index in [1.165, 1.54) is 76.3 Å². The summed E-state index contributed by atoms with van der Waals surface area (Å²) in [5.41, 5.74) is 4.21. The Morgan fingerprint density at radius 3 is 2.48 bits per heavy atom. The Balaban J connectivity index is 1.49. The monoisotopic (exact) mass is 397 g/mol. The average Bonchev–Trinajstić information content (AvgIpc) is 3.04. The molecule has 1 nitrogen and oxygen atoms in total. The SMILES string of the molecule is C/N=C1\C=C2CC[C@H]3[C@@H]4CC[C@H](C(C)CCCC(C)C)[C@@]4(C)CC[C@@H]3[C@@]2(C)CC1. The van der Waals surface area contributed by atoms with E-state index in [9.17, 15) is 0 Å². The van der Waals surface area contributed by atoms with Gasteiger partial charge in [-0.25, -0.2) is 0 Å². The van der Waals surface area contributed by atoms with Crippen molar-refractivity contribution in [1.29, 1.82) is 0 Å². The van der Waals surface area contributed by atoms with Gasteiger partial charge in [0.2, 0.25) is 0 Å². The van der Waals surface area contributed by atoms with Gasteiger partial charge in [-0.3, -0.25) is 4.99 Å². The second-order valence-electron chi connectivity index (χ2n) is 12.2. The molecule has 0 radical (unpaired) electrons. The van der Waals surface area contributed by atoms with Crippen LogP contribution in [0.3, 0.4) is 0 Å². The first kappa shape index (κ1) is 21.6. The zero-order valence-corrected chi connectivity index (χ0v) is 20.3. The third kappa shape index (κ3) is 3.67. The lowest BCUT2D eigenvalue weighted by Gasteiger charge is -2.58. The van der Waals surface area contributed by atoms with Gasteiger partial charge in [0.05, 0.1) is 0 Å². The van der Waals surface area contributed by atoms with Crippen LogP contribution < -0.4 is 0 Å². The molecule has 4 aliphatic carbocycles. The molecule has 0 aromatic heterocycles. The van der Waals surface area contributed by atoms with Crippen LogP contribution in [0.25, 0.3) is 0 Å². The molecular weight excluding hydrogens is 350 g/mol. The van der Waals surface area contributed by atoms with Gasteiger partial charge in [0.15, 0.2) is 0 Å². The predicted octanol–water partition coefficient (Wildman–Crippen LogP) is 8.10.